The fraction of sp³-hybridized carbons (Fsp3) is 0.0667. The van der Waals surface area contributed by atoms with Crippen molar-refractivity contribution < 1.29 is 0 Å². The van der Waals surface area contributed by atoms with Crippen molar-refractivity contribution in [3.05, 3.63) is 60.2 Å². The van der Waals surface area contributed by atoms with Crippen molar-refractivity contribution in [3.63, 3.8) is 0 Å². The Labute approximate surface area is 100 Å². The smallest absolute Gasteiger partial charge is 0.0295 e. The van der Waals surface area contributed by atoms with Gasteiger partial charge in [-0.15, -0.1) is 0 Å². The fourth-order valence-corrected chi connectivity index (χ4v) is 2.48. The second kappa shape index (κ2) is 3.84. The Morgan fingerprint density at radius 2 is 1.50 bits per heavy atom. The van der Waals surface area contributed by atoms with Gasteiger partial charge >= 0.3 is 0 Å². The third-order valence-corrected chi connectivity index (χ3v) is 3.34. The van der Waals surface area contributed by atoms with Crippen LogP contribution in [0.15, 0.2) is 54.6 Å². The Hall–Kier alpha value is -1.47. The number of fused-ring (bicyclic) bond motifs is 3. The predicted molar refractivity (Wildman–Crippen MR) is 72.7 cm³/mol. The molecule has 0 unspecified atom stereocenters. The van der Waals surface area contributed by atoms with Crippen LogP contribution >= 0.6 is 12.6 Å². The molecule has 0 saturated heterocycles. The Balaban J connectivity index is 2.52. The Morgan fingerprint density at radius 1 is 0.688 bits per heavy atom. The third kappa shape index (κ3) is 1.40. The SMILES string of the molecule is [S]Cc1cccc2c1ccc1ccccc12. The van der Waals surface area contributed by atoms with E-state index in [9.17, 15) is 0 Å². The zero-order valence-electron chi connectivity index (χ0n) is 8.81. The lowest BCUT2D eigenvalue weighted by molar-refractivity contribution is 1.48. The molecule has 0 aliphatic heterocycles. The monoisotopic (exact) mass is 223 g/mol. The Kier molecular flexibility index (Phi) is 2.33. The summed E-state index contributed by atoms with van der Waals surface area (Å²) >= 11 is 5.17. The van der Waals surface area contributed by atoms with Crippen LogP contribution in [-0.2, 0) is 5.75 Å². The summed E-state index contributed by atoms with van der Waals surface area (Å²) in [5.74, 6) is 0.676. The molecular weight excluding hydrogens is 212 g/mol. The van der Waals surface area contributed by atoms with Crippen molar-refractivity contribution in [2.24, 2.45) is 0 Å². The minimum atomic E-state index is 0.676. The largest absolute Gasteiger partial charge is 0.0890 e. The molecule has 0 aliphatic carbocycles. The number of hydrogen-bond acceptors (Lipinski definition) is 0. The van der Waals surface area contributed by atoms with Crippen LogP contribution in [0, 0.1) is 0 Å². The zero-order chi connectivity index (χ0) is 11.0. The molecule has 1 radical (unpaired) electrons. The topological polar surface area (TPSA) is 0 Å². The molecule has 0 nitrogen and oxygen atoms in total. The maximum Gasteiger partial charge on any atom is 0.0295 e. The van der Waals surface area contributed by atoms with Crippen LogP contribution in [0.5, 0.6) is 0 Å². The Morgan fingerprint density at radius 3 is 2.38 bits per heavy atom. The summed E-state index contributed by atoms with van der Waals surface area (Å²) in [5.41, 5.74) is 1.25. The van der Waals surface area contributed by atoms with E-state index in [0.717, 1.165) is 0 Å². The van der Waals surface area contributed by atoms with Gasteiger partial charge in [-0.05, 0) is 27.1 Å². The molecule has 0 atom stereocenters. The summed E-state index contributed by atoms with van der Waals surface area (Å²) in [6, 6.07) is 19.2. The van der Waals surface area contributed by atoms with Crippen LogP contribution in [0.25, 0.3) is 21.5 Å². The summed E-state index contributed by atoms with van der Waals surface area (Å²) in [6.07, 6.45) is 0. The van der Waals surface area contributed by atoms with Gasteiger partial charge in [-0.25, -0.2) is 0 Å². The van der Waals surface area contributed by atoms with Crippen molar-refractivity contribution in [1.82, 2.24) is 0 Å². The molecule has 0 aliphatic rings. The molecule has 3 rings (SSSR count). The molecule has 3 aromatic rings. The summed E-state index contributed by atoms with van der Waals surface area (Å²) in [4.78, 5) is 0. The van der Waals surface area contributed by atoms with E-state index in [2.05, 4.69) is 54.6 Å². The van der Waals surface area contributed by atoms with Crippen molar-refractivity contribution in [1.29, 1.82) is 0 Å². The lowest BCUT2D eigenvalue weighted by Crippen LogP contribution is -1.83. The van der Waals surface area contributed by atoms with E-state index in [0.29, 0.717) is 5.75 Å². The molecule has 0 heterocycles. The van der Waals surface area contributed by atoms with Crippen molar-refractivity contribution >= 4 is 34.2 Å². The van der Waals surface area contributed by atoms with Crippen molar-refractivity contribution in [2.45, 2.75) is 5.75 Å². The van der Waals surface area contributed by atoms with E-state index in [4.69, 9.17) is 12.6 Å². The minimum absolute atomic E-state index is 0.676. The van der Waals surface area contributed by atoms with Gasteiger partial charge in [0.25, 0.3) is 0 Å². The van der Waals surface area contributed by atoms with Gasteiger partial charge < -0.3 is 0 Å². The highest BCUT2D eigenvalue weighted by atomic mass is 32.1. The van der Waals surface area contributed by atoms with E-state index in [-0.39, 0.29) is 0 Å². The van der Waals surface area contributed by atoms with Gasteiger partial charge in [-0.1, -0.05) is 67.2 Å². The molecule has 0 N–H and O–H groups in total. The fourth-order valence-electron chi connectivity index (χ4n) is 2.23. The number of rotatable bonds is 1. The van der Waals surface area contributed by atoms with Crippen molar-refractivity contribution in [2.75, 3.05) is 0 Å². The minimum Gasteiger partial charge on any atom is -0.0890 e. The molecule has 16 heavy (non-hydrogen) atoms. The van der Waals surface area contributed by atoms with E-state index < -0.39 is 0 Å². The van der Waals surface area contributed by atoms with Gasteiger partial charge in [0.2, 0.25) is 0 Å². The Bertz CT molecular complexity index is 656. The molecule has 1 heteroatoms. The maximum atomic E-state index is 5.17. The average molecular weight is 223 g/mol. The second-order valence-electron chi connectivity index (χ2n) is 3.94. The number of benzene rings is 3. The maximum absolute atomic E-state index is 5.17. The molecular formula is C15H11S. The van der Waals surface area contributed by atoms with Crippen LogP contribution in [0.1, 0.15) is 5.56 Å². The van der Waals surface area contributed by atoms with Crippen LogP contribution in [0.2, 0.25) is 0 Å². The summed E-state index contributed by atoms with van der Waals surface area (Å²) in [7, 11) is 0. The van der Waals surface area contributed by atoms with E-state index in [1.54, 1.807) is 0 Å². The highest BCUT2D eigenvalue weighted by Crippen LogP contribution is 2.28. The van der Waals surface area contributed by atoms with Crippen LogP contribution in [0.4, 0.5) is 0 Å². The first-order chi connectivity index (χ1) is 7.90. The average Bonchev–Trinajstić information content (AvgIpc) is 2.37. The molecule has 0 amide bonds. The lowest BCUT2D eigenvalue weighted by Gasteiger charge is -2.06. The van der Waals surface area contributed by atoms with E-state index in [1.165, 1.54) is 27.1 Å². The molecule has 0 aromatic heterocycles. The van der Waals surface area contributed by atoms with Gasteiger partial charge in [0, 0.05) is 5.75 Å². The highest BCUT2D eigenvalue weighted by Gasteiger charge is 2.02. The molecule has 77 valence electrons. The quantitative estimate of drug-likeness (QED) is 0.525. The predicted octanol–water partition coefficient (Wildman–Crippen LogP) is 4.69. The van der Waals surface area contributed by atoms with Gasteiger partial charge in [0.1, 0.15) is 0 Å². The first-order valence-corrected chi connectivity index (χ1v) is 5.95. The van der Waals surface area contributed by atoms with E-state index >= 15 is 0 Å². The lowest BCUT2D eigenvalue weighted by atomic mass is 9.99. The van der Waals surface area contributed by atoms with Gasteiger partial charge in [-0.2, -0.15) is 0 Å². The summed E-state index contributed by atoms with van der Waals surface area (Å²) in [5, 5.41) is 5.19. The number of hydrogen-bond donors (Lipinski definition) is 0. The molecule has 3 aromatic carbocycles. The highest BCUT2D eigenvalue weighted by molar-refractivity contribution is 7.79. The molecule has 0 saturated carbocycles. The van der Waals surface area contributed by atoms with Gasteiger partial charge in [-0.3, -0.25) is 0 Å². The molecule has 0 fully saturated rings. The normalized spacial score (nSPS) is 11.1. The molecule has 0 bridgehead atoms. The first-order valence-electron chi connectivity index (χ1n) is 5.37. The summed E-state index contributed by atoms with van der Waals surface area (Å²) in [6.45, 7) is 0. The third-order valence-electron chi connectivity index (χ3n) is 3.03. The summed E-state index contributed by atoms with van der Waals surface area (Å²) < 4.78 is 0. The molecule has 0 spiro atoms. The first kappa shape index (κ1) is 9.73. The second-order valence-corrected chi connectivity index (χ2v) is 4.23. The van der Waals surface area contributed by atoms with Gasteiger partial charge in [0.05, 0.1) is 0 Å². The van der Waals surface area contributed by atoms with Crippen LogP contribution in [-0.4, -0.2) is 0 Å². The van der Waals surface area contributed by atoms with Crippen LogP contribution < -0.4 is 0 Å². The standard InChI is InChI=1S/C15H11S/c16-10-12-5-3-7-15-13-6-2-1-4-11(13)8-9-14(12)15/h1-9H,10H2. The van der Waals surface area contributed by atoms with Crippen LogP contribution in [0.3, 0.4) is 0 Å². The zero-order valence-corrected chi connectivity index (χ0v) is 9.63. The van der Waals surface area contributed by atoms with Crippen molar-refractivity contribution in [3.8, 4) is 0 Å². The van der Waals surface area contributed by atoms with E-state index in [1.807, 2.05) is 0 Å². The van der Waals surface area contributed by atoms with Gasteiger partial charge in [0.15, 0.2) is 0 Å².